The molecule has 0 aliphatic carbocycles. The molecule has 0 spiro atoms. The highest BCUT2D eigenvalue weighted by Crippen LogP contribution is 2.28. The second-order valence-corrected chi connectivity index (χ2v) is 6.31. The van der Waals surface area contributed by atoms with Crippen LogP contribution in [0.15, 0.2) is 54.7 Å². The number of esters is 1. The molecular formula is C20H15ClF2N2O4. The maximum Gasteiger partial charge on any atom is 0.387 e. The van der Waals surface area contributed by atoms with Crippen molar-refractivity contribution >= 4 is 40.1 Å². The maximum absolute atomic E-state index is 12.2. The number of carbonyl (C=O) groups is 2. The van der Waals surface area contributed by atoms with Gasteiger partial charge in [0.2, 0.25) is 0 Å². The average molecular weight is 421 g/mol. The Morgan fingerprint density at radius 3 is 2.69 bits per heavy atom. The van der Waals surface area contributed by atoms with Crippen molar-refractivity contribution in [1.29, 1.82) is 0 Å². The Morgan fingerprint density at radius 1 is 1.14 bits per heavy atom. The van der Waals surface area contributed by atoms with Crippen molar-refractivity contribution in [2.45, 2.75) is 13.0 Å². The van der Waals surface area contributed by atoms with E-state index in [1.165, 1.54) is 18.2 Å². The fourth-order valence-electron chi connectivity index (χ4n) is 2.63. The molecule has 1 heterocycles. The van der Waals surface area contributed by atoms with E-state index < -0.39 is 25.1 Å². The number of carbonyl (C=O) groups excluding carboxylic acids is 2. The Balaban J connectivity index is 1.54. The smallest absolute Gasteiger partial charge is 0.387 e. The molecular weight excluding hydrogens is 406 g/mol. The van der Waals surface area contributed by atoms with E-state index in [1.54, 1.807) is 18.3 Å². The number of para-hydroxylation sites is 1. The fraction of sp³-hybridized carbons (Fsp3) is 0.150. The van der Waals surface area contributed by atoms with Crippen LogP contribution in [0.1, 0.15) is 5.56 Å². The van der Waals surface area contributed by atoms with Crippen LogP contribution in [0, 0.1) is 0 Å². The number of alkyl halides is 2. The molecule has 2 aromatic carbocycles. The summed E-state index contributed by atoms with van der Waals surface area (Å²) in [4.78, 5) is 28.3. The minimum atomic E-state index is -3.01. The Hall–Kier alpha value is -3.26. The van der Waals surface area contributed by atoms with Gasteiger partial charge in [0.25, 0.3) is 5.91 Å². The van der Waals surface area contributed by atoms with E-state index in [0.717, 1.165) is 5.39 Å². The SMILES string of the molecule is O=C(COC(=O)Cc1cccc2cccnc12)Nc1ccc(OC(F)F)c(Cl)c1. The summed E-state index contributed by atoms with van der Waals surface area (Å²) in [5.41, 5.74) is 1.63. The first kappa shape index (κ1) is 20.5. The lowest BCUT2D eigenvalue weighted by atomic mass is 10.1. The highest BCUT2D eigenvalue weighted by Gasteiger charge is 2.13. The van der Waals surface area contributed by atoms with Gasteiger partial charge < -0.3 is 14.8 Å². The van der Waals surface area contributed by atoms with Crippen LogP contribution in [0.4, 0.5) is 14.5 Å². The number of hydrogen-bond donors (Lipinski definition) is 1. The van der Waals surface area contributed by atoms with Gasteiger partial charge in [0.05, 0.1) is 17.0 Å². The second-order valence-electron chi connectivity index (χ2n) is 5.90. The Labute approximate surface area is 169 Å². The normalized spacial score (nSPS) is 10.8. The summed E-state index contributed by atoms with van der Waals surface area (Å²) in [5.74, 6) is -1.40. The lowest BCUT2D eigenvalue weighted by Gasteiger charge is -2.10. The maximum atomic E-state index is 12.2. The zero-order valence-electron chi connectivity index (χ0n) is 14.9. The molecule has 0 bridgehead atoms. The topological polar surface area (TPSA) is 77.5 Å². The molecule has 0 fully saturated rings. The number of halogens is 3. The van der Waals surface area contributed by atoms with Crippen molar-refractivity contribution < 1.29 is 27.8 Å². The molecule has 1 amide bonds. The molecule has 0 aliphatic rings. The van der Waals surface area contributed by atoms with E-state index in [4.69, 9.17) is 16.3 Å². The van der Waals surface area contributed by atoms with Crippen molar-refractivity contribution in [2.75, 3.05) is 11.9 Å². The molecule has 3 aromatic rings. The van der Waals surface area contributed by atoms with Crippen LogP contribution in [0.3, 0.4) is 0 Å². The number of nitrogens with one attached hydrogen (secondary N) is 1. The number of amides is 1. The largest absolute Gasteiger partial charge is 0.455 e. The molecule has 9 heteroatoms. The van der Waals surface area contributed by atoms with Crippen molar-refractivity contribution in [2.24, 2.45) is 0 Å². The number of fused-ring (bicyclic) bond motifs is 1. The van der Waals surface area contributed by atoms with Gasteiger partial charge in [-0.25, -0.2) is 0 Å². The number of hydrogen-bond acceptors (Lipinski definition) is 5. The highest BCUT2D eigenvalue weighted by atomic mass is 35.5. The first-order chi connectivity index (χ1) is 13.9. The van der Waals surface area contributed by atoms with E-state index in [1.807, 2.05) is 18.2 Å². The lowest BCUT2D eigenvalue weighted by molar-refractivity contribution is -0.146. The summed E-state index contributed by atoms with van der Waals surface area (Å²) in [6.07, 6.45) is 1.60. The minimum absolute atomic E-state index is 0.0346. The molecule has 0 saturated heterocycles. The van der Waals surface area contributed by atoms with Gasteiger partial charge in [-0.1, -0.05) is 35.9 Å². The average Bonchev–Trinajstić information content (AvgIpc) is 2.68. The summed E-state index contributed by atoms with van der Waals surface area (Å²) >= 11 is 5.82. The highest BCUT2D eigenvalue weighted by molar-refractivity contribution is 6.32. The van der Waals surface area contributed by atoms with Gasteiger partial charge in [0, 0.05) is 17.3 Å². The van der Waals surface area contributed by atoms with Crippen LogP contribution in [0.2, 0.25) is 5.02 Å². The third kappa shape index (κ3) is 5.61. The quantitative estimate of drug-likeness (QED) is 0.579. The number of pyridine rings is 1. The van der Waals surface area contributed by atoms with Gasteiger partial charge in [-0.2, -0.15) is 8.78 Å². The van der Waals surface area contributed by atoms with Crippen LogP contribution in [0.5, 0.6) is 5.75 Å². The predicted molar refractivity (Wildman–Crippen MR) is 103 cm³/mol. The van der Waals surface area contributed by atoms with Crippen LogP contribution in [0.25, 0.3) is 10.9 Å². The first-order valence-electron chi connectivity index (χ1n) is 8.45. The number of ether oxygens (including phenoxy) is 2. The van der Waals surface area contributed by atoms with E-state index in [-0.39, 0.29) is 22.9 Å². The molecule has 150 valence electrons. The molecule has 1 aromatic heterocycles. The first-order valence-corrected chi connectivity index (χ1v) is 8.82. The van der Waals surface area contributed by atoms with E-state index in [9.17, 15) is 18.4 Å². The lowest BCUT2D eigenvalue weighted by Crippen LogP contribution is -2.21. The monoisotopic (exact) mass is 420 g/mol. The van der Waals surface area contributed by atoms with Gasteiger partial charge in [-0.15, -0.1) is 0 Å². The number of nitrogens with zero attached hydrogens (tertiary/aromatic N) is 1. The fourth-order valence-corrected chi connectivity index (χ4v) is 2.85. The molecule has 0 atom stereocenters. The van der Waals surface area contributed by atoms with Crippen molar-refractivity contribution in [3.63, 3.8) is 0 Å². The molecule has 0 unspecified atom stereocenters. The third-order valence-electron chi connectivity index (χ3n) is 3.85. The molecule has 3 rings (SSSR count). The summed E-state index contributed by atoms with van der Waals surface area (Å²) in [5, 5.41) is 3.26. The van der Waals surface area contributed by atoms with E-state index in [2.05, 4.69) is 15.0 Å². The van der Waals surface area contributed by atoms with Gasteiger partial charge in [-0.3, -0.25) is 14.6 Å². The van der Waals surface area contributed by atoms with E-state index >= 15 is 0 Å². The van der Waals surface area contributed by atoms with Gasteiger partial charge in [-0.05, 0) is 29.8 Å². The molecule has 0 radical (unpaired) electrons. The number of benzene rings is 2. The number of anilines is 1. The second kappa shape index (κ2) is 9.29. The Bertz CT molecular complexity index is 1040. The van der Waals surface area contributed by atoms with Crippen LogP contribution in [-0.2, 0) is 20.7 Å². The number of aromatic nitrogens is 1. The molecule has 29 heavy (non-hydrogen) atoms. The van der Waals surface area contributed by atoms with E-state index in [0.29, 0.717) is 11.1 Å². The molecule has 6 nitrogen and oxygen atoms in total. The zero-order chi connectivity index (χ0) is 20.8. The van der Waals surface area contributed by atoms with Gasteiger partial charge in [0.1, 0.15) is 5.75 Å². The Morgan fingerprint density at radius 2 is 1.93 bits per heavy atom. The number of rotatable bonds is 7. The summed E-state index contributed by atoms with van der Waals surface area (Å²) in [6.45, 7) is -3.52. The van der Waals surface area contributed by atoms with Crippen LogP contribution >= 0.6 is 11.6 Å². The standard InChI is InChI=1S/C20H15ClF2N2O4/c21-15-10-14(6-7-16(15)29-20(22)23)25-17(26)11-28-18(27)9-13-4-1-3-12-5-2-8-24-19(12)13/h1-8,10,20H,9,11H2,(H,25,26). The van der Waals surface area contributed by atoms with Crippen molar-refractivity contribution in [1.82, 2.24) is 4.98 Å². The summed E-state index contributed by atoms with van der Waals surface area (Å²) < 4.78 is 33.7. The summed E-state index contributed by atoms with van der Waals surface area (Å²) in [6, 6.07) is 12.9. The predicted octanol–water partition coefficient (Wildman–Crippen LogP) is 4.21. The molecule has 0 saturated carbocycles. The Kier molecular flexibility index (Phi) is 6.56. The van der Waals surface area contributed by atoms with Gasteiger partial charge >= 0.3 is 12.6 Å². The molecule has 0 aliphatic heterocycles. The van der Waals surface area contributed by atoms with Crippen molar-refractivity contribution in [3.05, 3.63) is 65.3 Å². The zero-order valence-corrected chi connectivity index (χ0v) is 15.7. The minimum Gasteiger partial charge on any atom is -0.455 e. The third-order valence-corrected chi connectivity index (χ3v) is 4.14. The van der Waals surface area contributed by atoms with Crippen molar-refractivity contribution in [3.8, 4) is 5.75 Å². The van der Waals surface area contributed by atoms with Crippen LogP contribution in [-0.4, -0.2) is 30.1 Å². The van der Waals surface area contributed by atoms with Crippen LogP contribution < -0.4 is 10.1 Å². The summed E-state index contributed by atoms with van der Waals surface area (Å²) in [7, 11) is 0. The molecule has 1 N–H and O–H groups in total. The van der Waals surface area contributed by atoms with Gasteiger partial charge in [0.15, 0.2) is 6.61 Å².